The zero-order valence-corrected chi connectivity index (χ0v) is 15.7. The molecule has 0 unspecified atom stereocenters. The minimum atomic E-state index is -4.40. The molecule has 0 amide bonds. The second-order valence-corrected chi connectivity index (χ2v) is 6.09. The molecule has 0 saturated heterocycles. The molecule has 3 nitrogen and oxygen atoms in total. The van der Waals surface area contributed by atoms with Crippen molar-refractivity contribution in [3.63, 3.8) is 0 Å². The maximum atomic E-state index is 12.9. The van der Waals surface area contributed by atoms with Gasteiger partial charge in [0.2, 0.25) is 0 Å². The van der Waals surface area contributed by atoms with Crippen molar-refractivity contribution in [1.82, 2.24) is 5.32 Å². The Morgan fingerprint density at radius 2 is 2.05 bits per heavy atom. The summed E-state index contributed by atoms with van der Waals surface area (Å²) in [7, 11) is 0. The van der Waals surface area contributed by atoms with Gasteiger partial charge in [0, 0.05) is 11.0 Å². The number of hydrogen-bond acceptors (Lipinski definition) is 1. The highest BCUT2D eigenvalue weighted by molar-refractivity contribution is 14.0. The van der Waals surface area contributed by atoms with Gasteiger partial charge in [-0.05, 0) is 36.5 Å². The van der Waals surface area contributed by atoms with E-state index in [0.717, 1.165) is 12.6 Å². The summed E-state index contributed by atoms with van der Waals surface area (Å²) in [6.45, 7) is 0.646. The zero-order chi connectivity index (χ0) is 15.5. The Hall–Kier alpha value is -0.510. The van der Waals surface area contributed by atoms with E-state index in [1.54, 1.807) is 6.07 Å². The number of aliphatic imine (C=N–C) groups is 1. The van der Waals surface area contributed by atoms with Crippen molar-refractivity contribution in [3.05, 3.63) is 33.8 Å². The second kappa shape index (κ2) is 8.37. The van der Waals surface area contributed by atoms with Crippen LogP contribution >= 0.6 is 39.9 Å². The van der Waals surface area contributed by atoms with E-state index >= 15 is 0 Å². The van der Waals surface area contributed by atoms with Crippen LogP contribution in [0.2, 0.25) is 0 Å². The van der Waals surface area contributed by atoms with E-state index < -0.39 is 11.7 Å². The Morgan fingerprint density at radius 1 is 1.36 bits per heavy atom. The lowest BCUT2D eigenvalue weighted by atomic mass is 9.85. The van der Waals surface area contributed by atoms with Crippen LogP contribution in [0.1, 0.15) is 30.4 Å². The highest BCUT2D eigenvalue weighted by atomic mass is 127. The lowest BCUT2D eigenvalue weighted by Gasteiger charge is -2.25. The fourth-order valence-electron chi connectivity index (χ4n) is 2.12. The Kier molecular flexibility index (Phi) is 7.43. The third-order valence-corrected chi connectivity index (χ3v) is 4.09. The maximum absolute atomic E-state index is 12.9. The van der Waals surface area contributed by atoms with Crippen LogP contribution < -0.4 is 11.1 Å². The van der Waals surface area contributed by atoms with Gasteiger partial charge in [-0.15, -0.1) is 24.0 Å². The Morgan fingerprint density at radius 3 is 2.59 bits per heavy atom. The smallest absolute Gasteiger partial charge is 0.370 e. The molecule has 0 spiro atoms. The van der Waals surface area contributed by atoms with Crippen LogP contribution in [0.4, 0.5) is 13.2 Å². The molecule has 0 aliphatic heterocycles. The number of halogens is 5. The molecule has 2 rings (SSSR count). The van der Waals surface area contributed by atoms with E-state index in [1.165, 1.54) is 25.3 Å². The van der Waals surface area contributed by atoms with Crippen molar-refractivity contribution in [3.8, 4) is 0 Å². The van der Waals surface area contributed by atoms with Gasteiger partial charge in [-0.25, -0.2) is 4.99 Å². The standard InChI is InChI=1S/C14H17BrF3N3.HI/c15-11-5-4-10(12(6-11)14(16,17)18)8-21-13(19)20-7-9-2-1-3-9;/h4-6,9H,1-3,7-8H2,(H3,19,20,21);1H. The number of nitrogens with two attached hydrogens (primary N) is 1. The van der Waals surface area contributed by atoms with Crippen molar-refractivity contribution in [2.75, 3.05) is 6.54 Å². The van der Waals surface area contributed by atoms with E-state index in [9.17, 15) is 13.2 Å². The van der Waals surface area contributed by atoms with Gasteiger partial charge in [0.1, 0.15) is 0 Å². The van der Waals surface area contributed by atoms with Crippen molar-refractivity contribution in [1.29, 1.82) is 0 Å². The number of benzene rings is 1. The third-order valence-electron chi connectivity index (χ3n) is 3.59. The first-order valence-electron chi connectivity index (χ1n) is 6.75. The Bertz CT molecular complexity index is 531. The first-order valence-corrected chi connectivity index (χ1v) is 7.55. The minimum Gasteiger partial charge on any atom is -0.370 e. The fourth-order valence-corrected chi connectivity index (χ4v) is 2.48. The second-order valence-electron chi connectivity index (χ2n) is 5.18. The molecule has 0 atom stereocenters. The largest absolute Gasteiger partial charge is 0.416 e. The van der Waals surface area contributed by atoms with Gasteiger partial charge in [0.25, 0.3) is 0 Å². The molecule has 1 aliphatic carbocycles. The van der Waals surface area contributed by atoms with Crippen LogP contribution in [0, 0.1) is 5.92 Å². The fraction of sp³-hybridized carbons (Fsp3) is 0.500. The molecule has 1 saturated carbocycles. The molecular weight excluding hydrogens is 474 g/mol. The molecular formula is C14H18BrF3IN3. The van der Waals surface area contributed by atoms with E-state index in [-0.39, 0.29) is 42.0 Å². The van der Waals surface area contributed by atoms with Crippen LogP contribution in [-0.2, 0) is 12.7 Å². The van der Waals surface area contributed by atoms with E-state index in [4.69, 9.17) is 5.73 Å². The molecule has 0 heterocycles. The third kappa shape index (κ3) is 5.60. The summed E-state index contributed by atoms with van der Waals surface area (Å²) in [5, 5.41) is 2.96. The van der Waals surface area contributed by atoms with Crippen LogP contribution in [0.25, 0.3) is 0 Å². The predicted molar refractivity (Wildman–Crippen MR) is 95.2 cm³/mol. The quantitative estimate of drug-likeness (QED) is 0.375. The van der Waals surface area contributed by atoms with Gasteiger partial charge in [-0.1, -0.05) is 28.4 Å². The van der Waals surface area contributed by atoms with Gasteiger partial charge in [0.05, 0.1) is 12.1 Å². The number of guanidine groups is 1. The maximum Gasteiger partial charge on any atom is 0.416 e. The van der Waals surface area contributed by atoms with Crippen molar-refractivity contribution in [2.24, 2.45) is 16.6 Å². The predicted octanol–water partition coefficient (Wildman–Crippen LogP) is 4.29. The normalized spacial score (nSPS) is 15.9. The van der Waals surface area contributed by atoms with Gasteiger partial charge in [-0.3, -0.25) is 0 Å². The summed E-state index contributed by atoms with van der Waals surface area (Å²) in [5.41, 5.74) is 5.11. The number of hydrogen-bond donors (Lipinski definition) is 2. The molecule has 124 valence electrons. The number of nitrogens with zero attached hydrogens (tertiary/aromatic N) is 1. The Balaban J connectivity index is 0.00000242. The zero-order valence-electron chi connectivity index (χ0n) is 11.8. The first kappa shape index (κ1) is 19.5. The summed E-state index contributed by atoms with van der Waals surface area (Å²) >= 11 is 3.05. The van der Waals surface area contributed by atoms with Crippen molar-refractivity contribution < 1.29 is 13.2 Å². The van der Waals surface area contributed by atoms with Crippen LogP contribution in [0.3, 0.4) is 0 Å². The molecule has 3 N–H and O–H groups in total. The number of alkyl halides is 3. The number of nitrogens with one attached hydrogen (secondary N) is 1. The summed E-state index contributed by atoms with van der Waals surface area (Å²) in [5.74, 6) is 0.801. The topological polar surface area (TPSA) is 50.4 Å². The molecule has 0 aromatic heterocycles. The molecule has 1 aromatic carbocycles. The highest BCUT2D eigenvalue weighted by Crippen LogP contribution is 2.34. The number of rotatable bonds is 4. The van der Waals surface area contributed by atoms with Crippen molar-refractivity contribution in [2.45, 2.75) is 32.0 Å². The molecule has 22 heavy (non-hydrogen) atoms. The SMILES string of the molecule is I.NC(=NCc1ccc(Br)cc1C(F)(F)F)NCC1CCC1. The molecule has 1 aliphatic rings. The van der Waals surface area contributed by atoms with Crippen LogP contribution in [-0.4, -0.2) is 12.5 Å². The molecule has 1 aromatic rings. The van der Waals surface area contributed by atoms with Crippen molar-refractivity contribution >= 4 is 45.9 Å². The molecule has 0 radical (unpaired) electrons. The minimum absolute atomic E-state index is 0. The van der Waals surface area contributed by atoms with Gasteiger partial charge < -0.3 is 11.1 Å². The van der Waals surface area contributed by atoms with Crippen LogP contribution in [0.15, 0.2) is 27.7 Å². The lowest BCUT2D eigenvalue weighted by molar-refractivity contribution is -0.138. The summed E-state index contributed by atoms with van der Waals surface area (Å²) in [4.78, 5) is 4.00. The molecule has 0 bridgehead atoms. The first-order chi connectivity index (χ1) is 9.86. The van der Waals surface area contributed by atoms with Gasteiger partial charge in [0.15, 0.2) is 5.96 Å². The van der Waals surface area contributed by atoms with E-state index in [2.05, 4.69) is 26.2 Å². The monoisotopic (exact) mass is 491 g/mol. The summed E-state index contributed by atoms with van der Waals surface area (Å²) in [6, 6.07) is 4.04. The van der Waals surface area contributed by atoms with Gasteiger partial charge in [-0.2, -0.15) is 13.2 Å². The van der Waals surface area contributed by atoms with E-state index in [0.29, 0.717) is 10.4 Å². The van der Waals surface area contributed by atoms with Gasteiger partial charge >= 0.3 is 6.18 Å². The Labute approximate surface area is 153 Å². The average Bonchev–Trinajstić information content (AvgIpc) is 2.34. The lowest BCUT2D eigenvalue weighted by Crippen LogP contribution is -2.37. The van der Waals surface area contributed by atoms with E-state index in [1.807, 2.05) is 0 Å². The summed E-state index contributed by atoms with van der Waals surface area (Å²) < 4.78 is 39.2. The highest BCUT2D eigenvalue weighted by Gasteiger charge is 2.33. The molecule has 8 heteroatoms. The molecule has 1 fully saturated rings. The van der Waals surface area contributed by atoms with Crippen LogP contribution in [0.5, 0.6) is 0 Å². The summed E-state index contributed by atoms with van der Waals surface area (Å²) in [6.07, 6.45) is -0.823. The average molecular weight is 492 g/mol.